The molecule has 0 nitrogen and oxygen atoms in total. The number of benzene rings is 2. The summed E-state index contributed by atoms with van der Waals surface area (Å²) in [6.45, 7) is 4.55. The van der Waals surface area contributed by atoms with Gasteiger partial charge in [-0.2, -0.15) is 0 Å². The molecule has 5 aliphatic rings. The van der Waals surface area contributed by atoms with Crippen LogP contribution in [0, 0.1) is 37.5 Å². The highest BCUT2D eigenvalue weighted by Gasteiger charge is 2.61. The summed E-state index contributed by atoms with van der Waals surface area (Å²) < 4.78 is 0. The average Bonchev–Trinajstić information content (AvgIpc) is 2.81. The second kappa shape index (κ2) is 4.34. The van der Waals surface area contributed by atoms with E-state index in [0.717, 1.165) is 23.7 Å². The molecule has 0 saturated heterocycles. The molecule has 5 aliphatic carbocycles. The zero-order valence-corrected chi connectivity index (χ0v) is 14.8. The Morgan fingerprint density at radius 1 is 0.667 bits per heavy atom. The lowest BCUT2D eigenvalue weighted by Crippen LogP contribution is -2.55. The molecule has 0 N–H and O–H groups in total. The minimum absolute atomic E-state index is 0.343. The highest BCUT2D eigenvalue weighted by atomic mass is 14.6. The fourth-order valence-electron chi connectivity index (χ4n) is 7.42. The number of aryl methyl sites for hydroxylation is 2. The lowest BCUT2D eigenvalue weighted by Gasteiger charge is -2.61. The van der Waals surface area contributed by atoms with E-state index in [9.17, 15) is 0 Å². The van der Waals surface area contributed by atoms with Gasteiger partial charge in [-0.15, -0.1) is 0 Å². The monoisotopic (exact) mass is 314 g/mol. The average molecular weight is 314 g/mol. The van der Waals surface area contributed by atoms with Crippen LogP contribution in [0.2, 0.25) is 0 Å². The van der Waals surface area contributed by atoms with Crippen LogP contribution in [0.4, 0.5) is 0 Å². The Labute approximate surface area is 145 Å². The van der Waals surface area contributed by atoms with Crippen LogP contribution in [-0.4, -0.2) is 0 Å². The predicted octanol–water partition coefficient (Wildman–Crippen LogP) is 6.03. The first-order valence-electron chi connectivity index (χ1n) is 9.89. The van der Waals surface area contributed by atoms with Crippen LogP contribution in [0.15, 0.2) is 36.4 Å². The predicted molar refractivity (Wildman–Crippen MR) is 99.2 cm³/mol. The molecule has 2 aromatic carbocycles. The van der Waals surface area contributed by atoms with Crippen molar-refractivity contribution in [3.8, 4) is 11.1 Å². The van der Waals surface area contributed by atoms with Crippen LogP contribution in [0.5, 0.6) is 0 Å². The van der Waals surface area contributed by atoms with Gasteiger partial charge in [0.1, 0.15) is 0 Å². The topological polar surface area (TPSA) is 0 Å². The largest absolute Gasteiger partial charge is 0.0587 e. The van der Waals surface area contributed by atoms with E-state index in [-0.39, 0.29) is 0 Å². The summed E-state index contributed by atoms with van der Waals surface area (Å²) in [5, 5.41) is 0. The first-order valence-corrected chi connectivity index (χ1v) is 9.89. The van der Waals surface area contributed by atoms with E-state index in [1.165, 1.54) is 43.2 Å². The van der Waals surface area contributed by atoms with E-state index in [1.807, 2.05) is 0 Å². The molecule has 0 heterocycles. The van der Waals surface area contributed by atoms with E-state index in [1.54, 1.807) is 22.3 Å². The molecule has 7 rings (SSSR count). The number of hydrogen-bond donors (Lipinski definition) is 0. The van der Waals surface area contributed by atoms with E-state index in [0.29, 0.717) is 5.41 Å². The van der Waals surface area contributed by atoms with E-state index in [2.05, 4.69) is 50.2 Å². The standard InChI is InChI=1S/C24H26/c1-14-3-5-20-21-6-4-15(2)8-23(21)24(22(20)7-14)18-10-16-9-17(12-18)13-19(24)11-16/h3-8,16-19H,9-13H2,1-2H3. The summed E-state index contributed by atoms with van der Waals surface area (Å²) in [7, 11) is 0. The summed E-state index contributed by atoms with van der Waals surface area (Å²) in [6.07, 6.45) is 7.45. The number of rotatable bonds is 0. The highest BCUT2D eigenvalue weighted by Crippen LogP contribution is 2.69. The van der Waals surface area contributed by atoms with Gasteiger partial charge in [-0.1, -0.05) is 47.5 Å². The van der Waals surface area contributed by atoms with Crippen molar-refractivity contribution < 1.29 is 0 Å². The molecule has 0 unspecified atom stereocenters. The maximum atomic E-state index is 2.55. The molecule has 4 saturated carbocycles. The van der Waals surface area contributed by atoms with Crippen LogP contribution in [-0.2, 0) is 5.41 Å². The van der Waals surface area contributed by atoms with Gasteiger partial charge in [0.25, 0.3) is 0 Å². The van der Waals surface area contributed by atoms with Crippen LogP contribution >= 0.6 is 0 Å². The van der Waals surface area contributed by atoms with Crippen molar-refractivity contribution in [2.45, 2.75) is 51.4 Å². The van der Waals surface area contributed by atoms with Crippen molar-refractivity contribution in [2.24, 2.45) is 23.7 Å². The Hall–Kier alpha value is -1.56. The van der Waals surface area contributed by atoms with Gasteiger partial charge in [0.2, 0.25) is 0 Å². The van der Waals surface area contributed by atoms with Crippen molar-refractivity contribution in [1.82, 2.24) is 0 Å². The van der Waals surface area contributed by atoms with Gasteiger partial charge in [0.05, 0.1) is 0 Å². The lowest BCUT2D eigenvalue weighted by atomic mass is 9.43. The molecule has 1 spiro atoms. The summed E-state index contributed by atoms with van der Waals surface area (Å²) in [5.41, 5.74) is 9.69. The fraction of sp³-hybridized carbons (Fsp3) is 0.500. The SMILES string of the molecule is Cc1ccc2c(c1)C1(c3cc(C)ccc3-2)C2CC3CC(C2)CC1C3. The molecule has 4 bridgehead atoms. The van der Waals surface area contributed by atoms with Crippen LogP contribution in [0.1, 0.15) is 54.4 Å². The van der Waals surface area contributed by atoms with Gasteiger partial charge < -0.3 is 0 Å². The fourth-order valence-corrected chi connectivity index (χ4v) is 7.42. The van der Waals surface area contributed by atoms with Gasteiger partial charge in [-0.25, -0.2) is 0 Å². The Bertz CT molecular complexity index is 775. The first kappa shape index (κ1) is 13.7. The van der Waals surface area contributed by atoms with Crippen LogP contribution in [0.25, 0.3) is 11.1 Å². The third-order valence-electron chi connectivity index (χ3n) is 7.96. The van der Waals surface area contributed by atoms with Gasteiger partial charge >= 0.3 is 0 Å². The van der Waals surface area contributed by atoms with E-state index < -0.39 is 0 Å². The molecule has 0 radical (unpaired) electrons. The molecule has 0 amide bonds. The Morgan fingerprint density at radius 3 is 1.58 bits per heavy atom. The Kier molecular flexibility index (Phi) is 2.48. The Balaban J connectivity index is 1.69. The first-order chi connectivity index (χ1) is 11.7. The summed E-state index contributed by atoms with van der Waals surface area (Å²) in [5.74, 6) is 3.83. The molecule has 0 atom stereocenters. The van der Waals surface area contributed by atoms with Crippen LogP contribution < -0.4 is 0 Å². The molecule has 0 aliphatic heterocycles. The van der Waals surface area contributed by atoms with Crippen molar-refractivity contribution in [3.05, 3.63) is 58.7 Å². The number of fused-ring (bicyclic) bond motifs is 3. The highest BCUT2D eigenvalue weighted by molar-refractivity contribution is 5.82. The van der Waals surface area contributed by atoms with Crippen molar-refractivity contribution in [2.75, 3.05) is 0 Å². The van der Waals surface area contributed by atoms with Gasteiger partial charge in [0, 0.05) is 5.41 Å². The Morgan fingerprint density at radius 2 is 1.12 bits per heavy atom. The van der Waals surface area contributed by atoms with Gasteiger partial charge in [-0.3, -0.25) is 0 Å². The molecule has 0 aromatic heterocycles. The summed E-state index contributed by atoms with van der Waals surface area (Å²) >= 11 is 0. The molecular formula is C24H26. The van der Waals surface area contributed by atoms with Crippen molar-refractivity contribution in [3.63, 3.8) is 0 Å². The second-order valence-electron chi connectivity index (χ2n) is 9.27. The maximum absolute atomic E-state index is 2.55. The zero-order chi connectivity index (χ0) is 16.1. The third kappa shape index (κ3) is 1.47. The minimum atomic E-state index is 0.343. The molecule has 122 valence electrons. The van der Waals surface area contributed by atoms with E-state index >= 15 is 0 Å². The van der Waals surface area contributed by atoms with Gasteiger partial charge in [0.15, 0.2) is 0 Å². The van der Waals surface area contributed by atoms with Crippen LogP contribution in [0.3, 0.4) is 0 Å². The molecule has 2 aromatic rings. The van der Waals surface area contributed by atoms with Gasteiger partial charge in [-0.05, 0) is 91.9 Å². The van der Waals surface area contributed by atoms with E-state index in [4.69, 9.17) is 0 Å². The normalized spacial score (nSPS) is 33.8. The molecule has 0 heteroatoms. The quantitative estimate of drug-likeness (QED) is 0.557. The zero-order valence-electron chi connectivity index (χ0n) is 14.8. The van der Waals surface area contributed by atoms with Crippen molar-refractivity contribution >= 4 is 0 Å². The molecular weight excluding hydrogens is 288 g/mol. The lowest BCUT2D eigenvalue weighted by molar-refractivity contribution is -0.0399. The second-order valence-corrected chi connectivity index (χ2v) is 9.27. The molecule has 24 heavy (non-hydrogen) atoms. The third-order valence-corrected chi connectivity index (χ3v) is 7.96. The van der Waals surface area contributed by atoms with Crippen molar-refractivity contribution in [1.29, 1.82) is 0 Å². The summed E-state index contributed by atoms with van der Waals surface area (Å²) in [6, 6.07) is 14.6. The minimum Gasteiger partial charge on any atom is -0.0587 e. The molecule has 4 fully saturated rings. The number of hydrogen-bond acceptors (Lipinski definition) is 0. The summed E-state index contributed by atoms with van der Waals surface area (Å²) in [4.78, 5) is 0. The maximum Gasteiger partial charge on any atom is 0.0272 e. The smallest absolute Gasteiger partial charge is 0.0272 e.